The minimum absolute atomic E-state index is 0.259. The molecule has 1 heterocycles. The molecule has 2 atom stereocenters. The van der Waals surface area contributed by atoms with Crippen molar-refractivity contribution in [2.24, 2.45) is 10.8 Å². The van der Waals surface area contributed by atoms with Gasteiger partial charge >= 0.3 is 11.9 Å². The number of piperidine rings is 1. The van der Waals surface area contributed by atoms with Crippen molar-refractivity contribution in [3.05, 3.63) is 35.4 Å². The molecule has 2 N–H and O–H groups in total. The molecule has 1 aliphatic heterocycles. The van der Waals surface area contributed by atoms with Crippen LogP contribution in [0.4, 0.5) is 0 Å². The van der Waals surface area contributed by atoms with Crippen LogP contribution in [0.2, 0.25) is 0 Å². The van der Waals surface area contributed by atoms with Gasteiger partial charge in [0.2, 0.25) is 0 Å². The van der Waals surface area contributed by atoms with E-state index in [1.54, 1.807) is 0 Å². The Hall–Kier alpha value is -1.88. The minimum Gasteiger partial charge on any atom is -0.481 e. The average Bonchev–Trinajstić information content (AvgIpc) is 2.90. The second-order valence-corrected chi connectivity index (χ2v) is 6.09. The summed E-state index contributed by atoms with van der Waals surface area (Å²) in [5.74, 6) is -1.96. The Morgan fingerprint density at radius 1 is 1.20 bits per heavy atom. The molecule has 20 heavy (non-hydrogen) atoms. The fourth-order valence-corrected chi connectivity index (χ4v) is 3.58. The summed E-state index contributed by atoms with van der Waals surface area (Å²) in [6.07, 6.45) is 0.259. The van der Waals surface area contributed by atoms with Gasteiger partial charge in [-0.05, 0) is 18.9 Å². The van der Waals surface area contributed by atoms with Crippen LogP contribution in [0.25, 0.3) is 0 Å². The highest BCUT2D eigenvalue weighted by Crippen LogP contribution is 2.68. The van der Waals surface area contributed by atoms with Crippen LogP contribution in [0, 0.1) is 17.8 Å². The van der Waals surface area contributed by atoms with E-state index in [4.69, 9.17) is 0 Å². The van der Waals surface area contributed by atoms with Gasteiger partial charge in [-0.15, -0.1) is 0 Å². The molecule has 1 saturated heterocycles. The van der Waals surface area contributed by atoms with Gasteiger partial charge in [0.25, 0.3) is 0 Å². The Bertz CT molecular complexity index is 571. The van der Waals surface area contributed by atoms with E-state index in [1.807, 2.05) is 36.1 Å². The quantitative estimate of drug-likeness (QED) is 0.867. The van der Waals surface area contributed by atoms with Crippen molar-refractivity contribution in [2.75, 3.05) is 13.1 Å². The summed E-state index contributed by atoms with van der Waals surface area (Å²) in [6.45, 7) is 3.25. The summed E-state index contributed by atoms with van der Waals surface area (Å²) in [6, 6.07) is 7.99. The van der Waals surface area contributed by atoms with E-state index in [-0.39, 0.29) is 6.42 Å². The normalized spacial score (nSPS) is 31.9. The molecule has 1 aliphatic carbocycles. The highest BCUT2D eigenvalue weighted by molar-refractivity contribution is 5.94. The number of aryl methyl sites for hydroxylation is 1. The lowest BCUT2D eigenvalue weighted by molar-refractivity contribution is -0.151. The number of hydrogen-bond acceptors (Lipinski definition) is 3. The SMILES string of the molecule is Cc1cccc(CN2C[C@@]3(C(=O)O)C[C@@]3(C(=O)O)C2)c1. The van der Waals surface area contributed by atoms with Crippen LogP contribution >= 0.6 is 0 Å². The van der Waals surface area contributed by atoms with Crippen LogP contribution in [-0.2, 0) is 16.1 Å². The first-order valence-electron chi connectivity index (χ1n) is 6.64. The first-order chi connectivity index (χ1) is 9.39. The summed E-state index contributed by atoms with van der Waals surface area (Å²) in [7, 11) is 0. The van der Waals surface area contributed by atoms with Gasteiger partial charge in [-0.25, -0.2) is 0 Å². The molecule has 0 spiro atoms. The van der Waals surface area contributed by atoms with Gasteiger partial charge in [-0.2, -0.15) is 0 Å². The number of likely N-dealkylation sites (tertiary alicyclic amines) is 1. The van der Waals surface area contributed by atoms with E-state index in [2.05, 4.69) is 0 Å². The third kappa shape index (κ3) is 1.66. The molecule has 1 aromatic rings. The van der Waals surface area contributed by atoms with E-state index < -0.39 is 22.8 Å². The van der Waals surface area contributed by atoms with Crippen molar-refractivity contribution in [3.63, 3.8) is 0 Å². The number of benzene rings is 1. The number of carboxylic acid groups (broad SMARTS) is 2. The molecule has 3 rings (SSSR count). The Balaban J connectivity index is 1.79. The second kappa shape index (κ2) is 4.06. The molecular formula is C15H17NO4. The fraction of sp³-hybridized carbons (Fsp3) is 0.467. The smallest absolute Gasteiger partial charge is 0.312 e. The lowest BCUT2D eigenvalue weighted by Gasteiger charge is -2.19. The van der Waals surface area contributed by atoms with Gasteiger partial charge in [0, 0.05) is 19.6 Å². The average molecular weight is 275 g/mol. The number of aliphatic carboxylic acids is 2. The van der Waals surface area contributed by atoms with Crippen molar-refractivity contribution in [2.45, 2.75) is 19.9 Å². The molecule has 106 valence electrons. The molecule has 2 aliphatic rings. The lowest BCUT2D eigenvalue weighted by Crippen LogP contribution is -2.28. The third-order valence-electron chi connectivity index (χ3n) is 4.69. The number of carboxylic acids is 2. The number of fused-ring (bicyclic) bond motifs is 1. The Kier molecular flexibility index (Phi) is 2.66. The minimum atomic E-state index is -1.08. The maximum atomic E-state index is 11.4. The van der Waals surface area contributed by atoms with Crippen LogP contribution in [-0.4, -0.2) is 40.1 Å². The topological polar surface area (TPSA) is 77.8 Å². The fourth-order valence-electron chi connectivity index (χ4n) is 3.58. The lowest BCUT2D eigenvalue weighted by atomic mass is 9.97. The molecule has 1 aromatic carbocycles. The van der Waals surface area contributed by atoms with Crippen LogP contribution in [0.15, 0.2) is 24.3 Å². The Morgan fingerprint density at radius 3 is 2.30 bits per heavy atom. The summed E-state index contributed by atoms with van der Waals surface area (Å²) < 4.78 is 0. The second-order valence-electron chi connectivity index (χ2n) is 6.09. The Labute approximate surface area is 116 Å². The molecule has 0 unspecified atom stereocenters. The molecule has 1 saturated carbocycles. The standard InChI is InChI=1S/C15H17NO4/c1-10-3-2-4-11(5-10)6-16-8-14(12(17)18)7-15(14,9-16)13(19)20/h2-5H,6-9H2,1H3,(H,17,18)(H,19,20)/t14-,15+. The van der Waals surface area contributed by atoms with Gasteiger partial charge in [0.1, 0.15) is 0 Å². The molecule has 0 radical (unpaired) electrons. The maximum Gasteiger partial charge on any atom is 0.312 e. The molecule has 2 fully saturated rings. The molecular weight excluding hydrogens is 258 g/mol. The van der Waals surface area contributed by atoms with E-state index in [0.29, 0.717) is 19.6 Å². The highest BCUT2D eigenvalue weighted by atomic mass is 16.4. The molecule has 0 amide bonds. The zero-order valence-corrected chi connectivity index (χ0v) is 11.3. The van der Waals surface area contributed by atoms with Gasteiger partial charge < -0.3 is 10.2 Å². The van der Waals surface area contributed by atoms with Gasteiger partial charge in [0.15, 0.2) is 0 Å². The molecule has 5 nitrogen and oxygen atoms in total. The van der Waals surface area contributed by atoms with Crippen molar-refractivity contribution < 1.29 is 19.8 Å². The molecule has 5 heteroatoms. The largest absolute Gasteiger partial charge is 0.481 e. The number of nitrogens with zero attached hydrogens (tertiary/aromatic N) is 1. The Morgan fingerprint density at radius 2 is 1.80 bits per heavy atom. The van der Waals surface area contributed by atoms with E-state index in [1.165, 1.54) is 0 Å². The van der Waals surface area contributed by atoms with Crippen molar-refractivity contribution >= 4 is 11.9 Å². The third-order valence-corrected chi connectivity index (χ3v) is 4.69. The highest BCUT2D eigenvalue weighted by Gasteiger charge is 2.80. The summed E-state index contributed by atoms with van der Waals surface area (Å²) >= 11 is 0. The zero-order chi connectivity index (χ0) is 14.5. The van der Waals surface area contributed by atoms with E-state index >= 15 is 0 Å². The summed E-state index contributed by atoms with van der Waals surface area (Å²) in [5.41, 5.74) is 0.0748. The zero-order valence-electron chi connectivity index (χ0n) is 11.3. The molecule has 0 aromatic heterocycles. The predicted octanol–water partition coefficient (Wildman–Crippen LogP) is 1.36. The predicted molar refractivity (Wildman–Crippen MR) is 71.2 cm³/mol. The first-order valence-corrected chi connectivity index (χ1v) is 6.64. The van der Waals surface area contributed by atoms with E-state index in [0.717, 1.165) is 11.1 Å². The summed E-state index contributed by atoms with van der Waals surface area (Å²) in [5, 5.41) is 18.7. The van der Waals surface area contributed by atoms with Gasteiger partial charge in [0.05, 0.1) is 10.8 Å². The number of rotatable bonds is 4. The van der Waals surface area contributed by atoms with Crippen molar-refractivity contribution in [3.8, 4) is 0 Å². The maximum absolute atomic E-state index is 11.4. The van der Waals surface area contributed by atoms with Crippen molar-refractivity contribution in [1.29, 1.82) is 0 Å². The van der Waals surface area contributed by atoms with Gasteiger partial charge in [-0.1, -0.05) is 29.8 Å². The number of hydrogen-bond donors (Lipinski definition) is 2. The first kappa shape index (κ1) is 13.1. The van der Waals surface area contributed by atoms with E-state index in [9.17, 15) is 19.8 Å². The summed E-state index contributed by atoms with van der Waals surface area (Å²) in [4.78, 5) is 24.8. The van der Waals surface area contributed by atoms with Crippen molar-refractivity contribution in [1.82, 2.24) is 4.90 Å². The van der Waals surface area contributed by atoms with Crippen LogP contribution in [0.3, 0.4) is 0 Å². The van der Waals surface area contributed by atoms with Crippen LogP contribution < -0.4 is 0 Å². The molecule has 0 bridgehead atoms. The number of carbonyl (C=O) groups is 2. The van der Waals surface area contributed by atoms with Crippen LogP contribution in [0.1, 0.15) is 17.5 Å². The monoisotopic (exact) mass is 275 g/mol. The van der Waals surface area contributed by atoms with Gasteiger partial charge in [-0.3, -0.25) is 14.5 Å². The van der Waals surface area contributed by atoms with Crippen LogP contribution in [0.5, 0.6) is 0 Å².